The van der Waals surface area contributed by atoms with E-state index in [0.29, 0.717) is 22.7 Å². The molecule has 150 valence electrons. The second kappa shape index (κ2) is 6.27. The van der Waals surface area contributed by atoms with Crippen LogP contribution in [-0.4, -0.2) is 45.9 Å². The summed E-state index contributed by atoms with van der Waals surface area (Å²) in [5.74, 6) is -2.83. The fourth-order valence-corrected chi connectivity index (χ4v) is 5.29. The standard InChI is InChI=1S/C20H24ClN3O4/c1-5-9(3)24-17(26)13-14(18(24)27)20(23-16(13)10(4)25)12-7-11(21)6-8(2)15(12)22-19(20)28/h6-7,9-10,13-14,16,23,25H,5H2,1-4H3,(H,22,28)/t9-,10+,13-,14-,16-,20-/m0/s1. The number of aryl methyl sites for hydroxylation is 1. The first-order valence-corrected chi connectivity index (χ1v) is 9.97. The Labute approximate surface area is 168 Å². The molecule has 1 aromatic rings. The molecule has 7 nitrogen and oxygen atoms in total. The number of nitrogens with one attached hydrogen (secondary N) is 2. The van der Waals surface area contributed by atoms with E-state index in [2.05, 4.69) is 10.6 Å². The van der Waals surface area contributed by atoms with Crippen molar-refractivity contribution in [3.8, 4) is 0 Å². The van der Waals surface area contributed by atoms with Gasteiger partial charge in [-0.05, 0) is 44.9 Å². The van der Waals surface area contributed by atoms with E-state index in [4.69, 9.17) is 11.6 Å². The molecule has 2 fully saturated rings. The van der Waals surface area contributed by atoms with Crippen LogP contribution in [0.15, 0.2) is 12.1 Å². The van der Waals surface area contributed by atoms with E-state index in [-0.39, 0.29) is 17.9 Å². The number of rotatable bonds is 3. The quantitative estimate of drug-likeness (QED) is 0.663. The molecule has 28 heavy (non-hydrogen) atoms. The molecule has 6 atom stereocenters. The number of fused-ring (bicyclic) bond motifs is 4. The van der Waals surface area contributed by atoms with Crippen LogP contribution in [0.25, 0.3) is 0 Å². The van der Waals surface area contributed by atoms with Gasteiger partial charge in [0.15, 0.2) is 0 Å². The second-order valence-corrected chi connectivity index (χ2v) is 8.56. The van der Waals surface area contributed by atoms with Crippen molar-refractivity contribution in [2.24, 2.45) is 11.8 Å². The Morgan fingerprint density at radius 3 is 2.54 bits per heavy atom. The number of aliphatic hydroxyl groups is 1. The minimum absolute atomic E-state index is 0.276. The molecular formula is C20H24ClN3O4. The smallest absolute Gasteiger partial charge is 0.250 e. The fourth-order valence-electron chi connectivity index (χ4n) is 5.02. The highest BCUT2D eigenvalue weighted by molar-refractivity contribution is 6.31. The first-order chi connectivity index (χ1) is 13.1. The molecule has 2 saturated heterocycles. The topological polar surface area (TPSA) is 98.7 Å². The summed E-state index contributed by atoms with van der Waals surface area (Å²) in [7, 11) is 0. The number of carbonyl (C=O) groups excluding carboxylic acids is 3. The SMILES string of the molecule is CC[C@H](C)N1C(=O)[C@@H]2[C@H]([C@@H](C)O)N[C@]3(C(=O)Nc4c(C)cc(Cl)cc43)[C@@H]2C1=O. The zero-order chi connectivity index (χ0) is 20.5. The van der Waals surface area contributed by atoms with Crippen LogP contribution in [0.3, 0.4) is 0 Å². The largest absolute Gasteiger partial charge is 0.392 e. The van der Waals surface area contributed by atoms with Gasteiger partial charge in [-0.1, -0.05) is 18.5 Å². The molecule has 0 saturated carbocycles. The highest BCUT2D eigenvalue weighted by Crippen LogP contribution is 2.54. The minimum Gasteiger partial charge on any atom is -0.392 e. The van der Waals surface area contributed by atoms with Gasteiger partial charge in [-0.25, -0.2) is 0 Å². The van der Waals surface area contributed by atoms with Crippen molar-refractivity contribution in [1.82, 2.24) is 10.2 Å². The fraction of sp³-hybridized carbons (Fsp3) is 0.550. The van der Waals surface area contributed by atoms with Gasteiger partial charge < -0.3 is 10.4 Å². The van der Waals surface area contributed by atoms with Crippen molar-refractivity contribution in [1.29, 1.82) is 0 Å². The van der Waals surface area contributed by atoms with Crippen LogP contribution in [0, 0.1) is 18.8 Å². The number of anilines is 1. The molecule has 0 unspecified atom stereocenters. The van der Waals surface area contributed by atoms with Crippen LogP contribution in [-0.2, 0) is 19.9 Å². The van der Waals surface area contributed by atoms with Crippen molar-refractivity contribution in [2.75, 3.05) is 5.32 Å². The van der Waals surface area contributed by atoms with E-state index < -0.39 is 35.4 Å². The molecular weight excluding hydrogens is 382 g/mol. The summed E-state index contributed by atoms with van der Waals surface area (Å²) in [6.45, 7) is 7.11. The predicted molar refractivity (Wildman–Crippen MR) is 104 cm³/mol. The van der Waals surface area contributed by atoms with Gasteiger partial charge in [-0.2, -0.15) is 0 Å². The molecule has 1 spiro atoms. The molecule has 1 aromatic carbocycles. The molecule has 0 bridgehead atoms. The third kappa shape index (κ3) is 2.27. The average Bonchev–Trinajstić information content (AvgIpc) is 3.21. The lowest BCUT2D eigenvalue weighted by atomic mass is 9.76. The van der Waals surface area contributed by atoms with Crippen molar-refractivity contribution in [3.63, 3.8) is 0 Å². The number of carbonyl (C=O) groups is 3. The molecule has 0 aliphatic carbocycles. The van der Waals surface area contributed by atoms with Crippen molar-refractivity contribution >= 4 is 35.0 Å². The summed E-state index contributed by atoms with van der Waals surface area (Å²) in [6.07, 6.45) is -0.303. The average molecular weight is 406 g/mol. The van der Waals surface area contributed by atoms with Crippen LogP contribution in [0.1, 0.15) is 38.3 Å². The van der Waals surface area contributed by atoms with Crippen molar-refractivity contribution in [2.45, 2.75) is 57.8 Å². The lowest BCUT2D eigenvalue weighted by molar-refractivity contribution is -0.145. The maximum absolute atomic E-state index is 13.4. The summed E-state index contributed by atoms with van der Waals surface area (Å²) < 4.78 is 0. The van der Waals surface area contributed by atoms with Crippen LogP contribution < -0.4 is 10.6 Å². The van der Waals surface area contributed by atoms with Crippen LogP contribution in [0.2, 0.25) is 5.02 Å². The highest BCUT2D eigenvalue weighted by Gasteiger charge is 2.71. The zero-order valence-electron chi connectivity index (χ0n) is 16.2. The van der Waals surface area contributed by atoms with Crippen LogP contribution in [0.5, 0.6) is 0 Å². The number of imide groups is 1. The number of nitrogens with zero attached hydrogens (tertiary/aromatic N) is 1. The first kappa shape index (κ1) is 19.4. The summed E-state index contributed by atoms with van der Waals surface area (Å²) in [6, 6.07) is 2.42. The number of hydrogen-bond acceptors (Lipinski definition) is 5. The number of halogens is 1. The van der Waals surface area contributed by atoms with Crippen molar-refractivity contribution in [3.05, 3.63) is 28.3 Å². The third-order valence-electron chi connectivity index (χ3n) is 6.51. The molecule has 0 aromatic heterocycles. The minimum atomic E-state index is -1.42. The monoisotopic (exact) mass is 405 g/mol. The van der Waals surface area contributed by atoms with Gasteiger partial charge in [0.1, 0.15) is 5.54 Å². The van der Waals surface area contributed by atoms with E-state index >= 15 is 0 Å². The maximum atomic E-state index is 13.4. The van der Waals surface area contributed by atoms with E-state index in [1.165, 1.54) is 4.90 Å². The molecule has 0 radical (unpaired) electrons. The summed E-state index contributed by atoms with van der Waals surface area (Å²) in [5.41, 5.74) is 0.524. The van der Waals surface area contributed by atoms with Gasteiger partial charge in [0.05, 0.1) is 17.9 Å². The molecule has 3 aliphatic heterocycles. The normalized spacial score (nSPS) is 33.3. The number of benzene rings is 1. The van der Waals surface area contributed by atoms with Crippen molar-refractivity contribution < 1.29 is 19.5 Å². The Hall–Kier alpha value is -1.96. The Morgan fingerprint density at radius 1 is 1.25 bits per heavy atom. The van der Waals surface area contributed by atoms with Crippen LogP contribution in [0.4, 0.5) is 5.69 Å². The Bertz CT molecular complexity index is 902. The Morgan fingerprint density at radius 2 is 1.93 bits per heavy atom. The number of aliphatic hydroxyl groups excluding tert-OH is 1. The zero-order valence-corrected chi connectivity index (χ0v) is 17.0. The van der Waals surface area contributed by atoms with E-state index in [1.54, 1.807) is 19.1 Å². The Balaban J connectivity index is 1.94. The predicted octanol–water partition coefficient (Wildman–Crippen LogP) is 1.55. The van der Waals surface area contributed by atoms with E-state index in [1.807, 2.05) is 20.8 Å². The van der Waals surface area contributed by atoms with E-state index in [9.17, 15) is 19.5 Å². The first-order valence-electron chi connectivity index (χ1n) is 9.59. The lowest BCUT2D eigenvalue weighted by Crippen LogP contribution is -2.55. The number of hydrogen-bond donors (Lipinski definition) is 3. The van der Waals surface area contributed by atoms with Gasteiger partial charge in [-0.15, -0.1) is 0 Å². The molecule has 3 N–H and O–H groups in total. The Kier molecular flexibility index (Phi) is 4.34. The lowest BCUT2D eigenvalue weighted by Gasteiger charge is -2.31. The highest BCUT2D eigenvalue weighted by atomic mass is 35.5. The van der Waals surface area contributed by atoms with Gasteiger partial charge in [-0.3, -0.25) is 24.6 Å². The van der Waals surface area contributed by atoms with Gasteiger partial charge in [0.25, 0.3) is 0 Å². The van der Waals surface area contributed by atoms with Gasteiger partial charge in [0.2, 0.25) is 17.7 Å². The maximum Gasteiger partial charge on any atom is 0.250 e. The van der Waals surface area contributed by atoms with Crippen LogP contribution >= 0.6 is 11.6 Å². The number of amides is 3. The van der Waals surface area contributed by atoms with Gasteiger partial charge >= 0.3 is 0 Å². The molecule has 4 rings (SSSR count). The summed E-state index contributed by atoms with van der Waals surface area (Å²) in [4.78, 5) is 41.1. The molecule has 3 aliphatic rings. The summed E-state index contributed by atoms with van der Waals surface area (Å²) in [5, 5.41) is 16.9. The molecule has 3 heterocycles. The summed E-state index contributed by atoms with van der Waals surface area (Å²) >= 11 is 6.27. The van der Waals surface area contributed by atoms with Gasteiger partial charge in [0, 0.05) is 28.4 Å². The van der Waals surface area contributed by atoms with E-state index in [0.717, 1.165) is 5.56 Å². The third-order valence-corrected chi connectivity index (χ3v) is 6.72. The second-order valence-electron chi connectivity index (χ2n) is 8.13. The molecule has 8 heteroatoms. The molecule has 3 amide bonds. The number of likely N-dealkylation sites (tertiary alicyclic amines) is 1.